The number of carboxylic acid groups (broad SMARTS) is 2. The third-order valence-corrected chi connectivity index (χ3v) is 5.73. The summed E-state index contributed by atoms with van der Waals surface area (Å²) in [6.45, 7) is 1.65. The highest BCUT2D eigenvalue weighted by Crippen LogP contribution is 2.17. The van der Waals surface area contributed by atoms with E-state index in [0.717, 1.165) is 0 Å². The van der Waals surface area contributed by atoms with Crippen molar-refractivity contribution < 1.29 is 43.6 Å². The van der Waals surface area contributed by atoms with Crippen LogP contribution < -0.4 is 0 Å². The maximum absolute atomic E-state index is 12.4. The van der Waals surface area contributed by atoms with Gasteiger partial charge in [-0.1, -0.05) is 6.07 Å². The van der Waals surface area contributed by atoms with Crippen molar-refractivity contribution in [3.05, 3.63) is 29.6 Å². The maximum atomic E-state index is 12.4. The Balaban J connectivity index is 2.30. The van der Waals surface area contributed by atoms with Gasteiger partial charge >= 0.3 is 23.9 Å². The number of hydrogen-bond donors (Lipinski definition) is 2. The van der Waals surface area contributed by atoms with Crippen LogP contribution in [0.15, 0.2) is 18.2 Å². The summed E-state index contributed by atoms with van der Waals surface area (Å²) in [7, 11) is 2.53. The Bertz CT molecular complexity index is 814. The van der Waals surface area contributed by atoms with Crippen LogP contribution in [0.4, 0.5) is 0 Å². The minimum atomic E-state index is -1.01. The molecule has 194 valence electrons. The van der Waals surface area contributed by atoms with Gasteiger partial charge in [-0.25, -0.2) is 0 Å². The number of ether oxygens (including phenoxy) is 3. The van der Waals surface area contributed by atoms with E-state index in [4.69, 9.17) is 24.4 Å². The monoisotopic (exact) mass is 495 g/mol. The minimum Gasteiger partial charge on any atom is -0.481 e. The molecule has 2 bridgehead atoms. The SMILES string of the molecule is COC(=O)C(CCC(=O)O)N1CCOCCN(C(CCC(=O)O)C(=O)OC)Cc2cccc(n2)C1. The van der Waals surface area contributed by atoms with Crippen LogP contribution in [0, 0.1) is 0 Å². The van der Waals surface area contributed by atoms with E-state index in [2.05, 4.69) is 4.98 Å². The van der Waals surface area contributed by atoms with Gasteiger partial charge < -0.3 is 24.4 Å². The third-order valence-electron chi connectivity index (χ3n) is 5.73. The van der Waals surface area contributed by atoms with Gasteiger partial charge in [-0.2, -0.15) is 0 Å². The molecule has 35 heavy (non-hydrogen) atoms. The highest BCUT2D eigenvalue weighted by molar-refractivity contribution is 5.77. The lowest BCUT2D eigenvalue weighted by Gasteiger charge is -2.32. The normalized spacial score (nSPS) is 17.3. The Morgan fingerprint density at radius 1 is 0.886 bits per heavy atom. The van der Waals surface area contributed by atoms with E-state index < -0.39 is 36.0 Å². The molecule has 2 heterocycles. The quantitative estimate of drug-likeness (QED) is 0.435. The van der Waals surface area contributed by atoms with Gasteiger partial charge in [0.15, 0.2) is 0 Å². The zero-order valence-corrected chi connectivity index (χ0v) is 20.1. The van der Waals surface area contributed by atoms with Crippen LogP contribution in [0.1, 0.15) is 37.1 Å². The average Bonchev–Trinajstić information content (AvgIpc) is 2.82. The number of carbonyl (C=O) groups excluding carboxylic acids is 2. The lowest BCUT2D eigenvalue weighted by Crippen LogP contribution is -2.45. The molecule has 2 atom stereocenters. The third kappa shape index (κ3) is 9.23. The number of esters is 2. The smallest absolute Gasteiger partial charge is 0.323 e. The Morgan fingerprint density at radius 2 is 1.31 bits per heavy atom. The largest absolute Gasteiger partial charge is 0.481 e. The molecular weight excluding hydrogens is 462 g/mol. The van der Waals surface area contributed by atoms with Crippen LogP contribution in [0.5, 0.6) is 0 Å². The fourth-order valence-electron chi connectivity index (χ4n) is 3.97. The molecule has 2 rings (SSSR count). The van der Waals surface area contributed by atoms with Crippen molar-refractivity contribution in [2.24, 2.45) is 0 Å². The molecule has 0 aliphatic carbocycles. The van der Waals surface area contributed by atoms with Gasteiger partial charge in [-0.15, -0.1) is 0 Å². The second kappa shape index (κ2) is 14.3. The van der Waals surface area contributed by atoms with Crippen LogP contribution in [0.2, 0.25) is 0 Å². The summed E-state index contributed by atoms with van der Waals surface area (Å²) in [5.74, 6) is -3.07. The standard InChI is InChI=1S/C23H33N3O9/c1-33-22(31)18(6-8-20(27)28)25-10-12-35-13-11-26(15-17-5-3-4-16(14-25)24-17)19(23(32)34-2)7-9-21(29)30/h3-5,18-19H,6-15H2,1-2H3,(H,27,28)(H,29,30). The summed E-state index contributed by atoms with van der Waals surface area (Å²) < 4.78 is 15.6. The predicted octanol–water partition coefficient (Wildman–Crippen LogP) is 0.529. The van der Waals surface area contributed by atoms with Crippen molar-refractivity contribution >= 4 is 23.9 Å². The van der Waals surface area contributed by atoms with Crippen LogP contribution in [-0.4, -0.2) is 101 Å². The number of methoxy groups -OCH3 is 2. The van der Waals surface area contributed by atoms with Gasteiger partial charge in [0, 0.05) is 39.0 Å². The number of aliphatic carboxylic acids is 2. The van der Waals surface area contributed by atoms with Crippen molar-refractivity contribution in [2.75, 3.05) is 40.5 Å². The van der Waals surface area contributed by atoms with E-state index in [9.17, 15) is 19.2 Å². The summed E-state index contributed by atoms with van der Waals surface area (Å²) in [5, 5.41) is 18.2. The first kappa shape index (κ1) is 28.1. The molecule has 12 heteroatoms. The van der Waals surface area contributed by atoms with Crippen LogP contribution in [-0.2, 0) is 46.5 Å². The molecule has 2 unspecified atom stereocenters. The Kier molecular flexibility index (Phi) is 11.5. The van der Waals surface area contributed by atoms with E-state index in [0.29, 0.717) is 24.5 Å². The molecule has 0 aromatic carbocycles. The number of carbonyl (C=O) groups is 4. The zero-order valence-electron chi connectivity index (χ0n) is 20.1. The number of nitrogens with zero attached hydrogens (tertiary/aromatic N) is 3. The molecule has 2 N–H and O–H groups in total. The predicted molar refractivity (Wildman–Crippen MR) is 121 cm³/mol. The summed E-state index contributed by atoms with van der Waals surface area (Å²) in [6, 6.07) is 3.85. The van der Waals surface area contributed by atoms with Gasteiger partial charge in [0.2, 0.25) is 0 Å². The minimum absolute atomic E-state index is 0.0832. The molecule has 0 saturated carbocycles. The number of aromatic nitrogens is 1. The lowest BCUT2D eigenvalue weighted by molar-refractivity contribution is -0.149. The molecule has 0 spiro atoms. The van der Waals surface area contributed by atoms with Crippen molar-refractivity contribution in [1.29, 1.82) is 0 Å². The lowest BCUT2D eigenvalue weighted by atomic mass is 10.1. The summed E-state index contributed by atoms with van der Waals surface area (Å²) in [4.78, 5) is 55.3. The number of carboxylic acids is 2. The fraction of sp³-hybridized carbons (Fsp3) is 0.609. The van der Waals surface area contributed by atoms with Crippen molar-refractivity contribution in [1.82, 2.24) is 14.8 Å². The topological polar surface area (TPSA) is 156 Å². The van der Waals surface area contributed by atoms with E-state index >= 15 is 0 Å². The fourth-order valence-corrected chi connectivity index (χ4v) is 3.97. The van der Waals surface area contributed by atoms with Crippen LogP contribution in [0.25, 0.3) is 0 Å². The van der Waals surface area contributed by atoms with Gasteiger partial charge in [-0.05, 0) is 25.0 Å². The number of hydrogen-bond acceptors (Lipinski definition) is 10. The Hall–Kier alpha value is -3.09. The van der Waals surface area contributed by atoms with Crippen LogP contribution in [0.3, 0.4) is 0 Å². The summed E-state index contributed by atoms with van der Waals surface area (Å²) in [6.07, 6.45) is -0.213. The molecule has 1 aliphatic heterocycles. The van der Waals surface area contributed by atoms with Gasteiger partial charge in [0.1, 0.15) is 12.1 Å². The van der Waals surface area contributed by atoms with E-state index in [1.807, 2.05) is 6.07 Å². The Morgan fingerprint density at radius 3 is 1.69 bits per heavy atom. The van der Waals surface area contributed by atoms with Crippen molar-refractivity contribution in [3.63, 3.8) is 0 Å². The molecule has 0 radical (unpaired) electrons. The maximum Gasteiger partial charge on any atom is 0.323 e. The van der Waals surface area contributed by atoms with E-state index in [-0.39, 0.29) is 52.0 Å². The van der Waals surface area contributed by atoms with Crippen molar-refractivity contribution in [2.45, 2.75) is 50.9 Å². The number of fused-ring (bicyclic) bond motifs is 2. The van der Waals surface area contributed by atoms with Gasteiger partial charge in [0.05, 0.1) is 38.8 Å². The number of rotatable bonds is 10. The highest BCUT2D eigenvalue weighted by atomic mass is 16.5. The molecular formula is C23H33N3O9. The molecule has 1 aromatic heterocycles. The molecule has 1 aromatic rings. The first-order valence-corrected chi connectivity index (χ1v) is 11.3. The first-order chi connectivity index (χ1) is 16.7. The van der Waals surface area contributed by atoms with Crippen LogP contribution >= 0.6 is 0 Å². The second-order valence-corrected chi connectivity index (χ2v) is 8.12. The van der Waals surface area contributed by atoms with E-state index in [1.54, 1.807) is 21.9 Å². The highest BCUT2D eigenvalue weighted by Gasteiger charge is 2.30. The summed E-state index contributed by atoms with van der Waals surface area (Å²) >= 11 is 0. The number of pyridine rings is 1. The molecule has 1 aliphatic rings. The van der Waals surface area contributed by atoms with Gasteiger partial charge in [-0.3, -0.25) is 34.0 Å². The second-order valence-electron chi connectivity index (χ2n) is 8.12. The van der Waals surface area contributed by atoms with E-state index in [1.165, 1.54) is 14.2 Å². The molecule has 0 saturated heterocycles. The Labute approximate surface area is 203 Å². The van der Waals surface area contributed by atoms with Crippen molar-refractivity contribution in [3.8, 4) is 0 Å². The molecule has 0 amide bonds. The summed E-state index contributed by atoms with van der Waals surface area (Å²) in [5.41, 5.74) is 1.29. The average molecular weight is 496 g/mol. The molecule has 0 fully saturated rings. The van der Waals surface area contributed by atoms with Gasteiger partial charge in [0.25, 0.3) is 0 Å². The zero-order chi connectivity index (χ0) is 25.8. The first-order valence-electron chi connectivity index (χ1n) is 11.3. The molecule has 12 nitrogen and oxygen atoms in total.